The van der Waals surface area contributed by atoms with Crippen LogP contribution in [0.1, 0.15) is 57.6 Å². The van der Waals surface area contributed by atoms with Crippen LogP contribution in [0, 0.1) is 12.8 Å². The topological polar surface area (TPSA) is 26.0 Å². The maximum atomic E-state index is 6.66. The first-order chi connectivity index (χ1) is 8.47. The smallest absolute Gasteiger partial charge is 0.0195 e. The van der Waals surface area contributed by atoms with Crippen LogP contribution in [-0.2, 0) is 6.42 Å². The summed E-state index contributed by atoms with van der Waals surface area (Å²) in [5.41, 5.74) is 9.42. The van der Waals surface area contributed by atoms with E-state index in [1.807, 2.05) is 0 Å². The fourth-order valence-electron chi connectivity index (χ4n) is 2.56. The number of benzene rings is 1. The van der Waals surface area contributed by atoms with Crippen molar-refractivity contribution >= 4 is 0 Å². The zero-order valence-electron chi connectivity index (χ0n) is 12.5. The van der Waals surface area contributed by atoms with Crippen LogP contribution in [0.5, 0.6) is 0 Å². The molecule has 0 aliphatic heterocycles. The van der Waals surface area contributed by atoms with Gasteiger partial charge in [-0.3, -0.25) is 0 Å². The zero-order chi connectivity index (χ0) is 13.6. The highest BCUT2D eigenvalue weighted by Gasteiger charge is 2.24. The van der Waals surface area contributed by atoms with Gasteiger partial charge in [0, 0.05) is 5.54 Å². The van der Waals surface area contributed by atoms with Crippen LogP contribution in [0.3, 0.4) is 0 Å². The van der Waals surface area contributed by atoms with Gasteiger partial charge in [-0.1, -0.05) is 51.5 Å². The second-order valence-corrected chi connectivity index (χ2v) is 6.15. The van der Waals surface area contributed by atoms with Gasteiger partial charge in [0.25, 0.3) is 0 Å². The molecule has 102 valence electrons. The molecular formula is C17H29N. The normalized spacial score (nSPS) is 14.8. The quantitative estimate of drug-likeness (QED) is 0.755. The average Bonchev–Trinajstić information content (AvgIpc) is 2.30. The molecule has 1 atom stereocenters. The summed E-state index contributed by atoms with van der Waals surface area (Å²) in [5, 5.41) is 0. The summed E-state index contributed by atoms with van der Waals surface area (Å²) >= 11 is 0. The molecular weight excluding hydrogens is 218 g/mol. The Morgan fingerprint density at radius 3 is 2.39 bits per heavy atom. The van der Waals surface area contributed by atoms with E-state index < -0.39 is 0 Å². The van der Waals surface area contributed by atoms with Gasteiger partial charge < -0.3 is 5.73 Å². The molecule has 1 aromatic carbocycles. The highest BCUT2D eigenvalue weighted by atomic mass is 14.7. The molecule has 1 heteroatoms. The number of hydrogen-bond donors (Lipinski definition) is 1. The predicted octanol–water partition coefficient (Wildman–Crippen LogP) is 4.47. The van der Waals surface area contributed by atoms with Gasteiger partial charge in [0.05, 0.1) is 0 Å². The summed E-state index contributed by atoms with van der Waals surface area (Å²) in [6.07, 6.45) is 5.66. The lowest BCUT2D eigenvalue weighted by molar-refractivity contribution is 0.328. The van der Waals surface area contributed by atoms with E-state index in [1.165, 1.54) is 24.0 Å². The Balaban J connectivity index is 2.75. The molecule has 0 saturated carbocycles. The van der Waals surface area contributed by atoms with E-state index in [0.29, 0.717) is 0 Å². The van der Waals surface area contributed by atoms with E-state index in [9.17, 15) is 0 Å². The Kier molecular flexibility index (Phi) is 5.87. The molecule has 18 heavy (non-hydrogen) atoms. The first-order valence-electron chi connectivity index (χ1n) is 7.30. The third kappa shape index (κ3) is 4.81. The van der Waals surface area contributed by atoms with Gasteiger partial charge in [-0.2, -0.15) is 0 Å². The number of rotatable bonds is 7. The van der Waals surface area contributed by atoms with Crippen molar-refractivity contribution in [3.63, 3.8) is 0 Å². The molecule has 1 aromatic rings. The minimum Gasteiger partial charge on any atom is -0.325 e. The van der Waals surface area contributed by atoms with Crippen molar-refractivity contribution in [3.8, 4) is 0 Å². The Bertz CT molecular complexity index is 356. The first kappa shape index (κ1) is 15.2. The zero-order valence-corrected chi connectivity index (χ0v) is 12.5. The predicted molar refractivity (Wildman–Crippen MR) is 80.8 cm³/mol. The Hall–Kier alpha value is -0.820. The molecule has 0 aliphatic carbocycles. The summed E-state index contributed by atoms with van der Waals surface area (Å²) in [6.45, 7) is 8.97. The monoisotopic (exact) mass is 247 g/mol. The second kappa shape index (κ2) is 6.94. The van der Waals surface area contributed by atoms with E-state index in [2.05, 4.69) is 52.0 Å². The van der Waals surface area contributed by atoms with E-state index in [0.717, 1.165) is 25.2 Å². The maximum absolute atomic E-state index is 6.66. The first-order valence-corrected chi connectivity index (χ1v) is 7.30. The average molecular weight is 247 g/mol. The van der Waals surface area contributed by atoms with Crippen molar-refractivity contribution in [2.24, 2.45) is 11.7 Å². The Morgan fingerprint density at radius 2 is 1.83 bits per heavy atom. The van der Waals surface area contributed by atoms with Crippen molar-refractivity contribution < 1.29 is 0 Å². The SMILES string of the molecule is CCCC(N)(CCC(C)C)Cc1ccccc1C. The van der Waals surface area contributed by atoms with E-state index >= 15 is 0 Å². The fourth-order valence-corrected chi connectivity index (χ4v) is 2.56. The summed E-state index contributed by atoms with van der Waals surface area (Å²) in [4.78, 5) is 0. The van der Waals surface area contributed by atoms with Crippen LogP contribution in [0.25, 0.3) is 0 Å². The van der Waals surface area contributed by atoms with Crippen molar-refractivity contribution in [3.05, 3.63) is 35.4 Å². The lowest BCUT2D eigenvalue weighted by atomic mass is 9.81. The fraction of sp³-hybridized carbons (Fsp3) is 0.647. The number of nitrogens with two attached hydrogens (primary N) is 1. The largest absolute Gasteiger partial charge is 0.325 e. The molecule has 0 amide bonds. The molecule has 2 N–H and O–H groups in total. The summed E-state index contributed by atoms with van der Waals surface area (Å²) in [7, 11) is 0. The van der Waals surface area contributed by atoms with Crippen LogP contribution in [-0.4, -0.2) is 5.54 Å². The van der Waals surface area contributed by atoms with Crippen molar-refractivity contribution in [2.45, 2.75) is 65.3 Å². The molecule has 1 rings (SSSR count). The van der Waals surface area contributed by atoms with E-state index in [-0.39, 0.29) is 5.54 Å². The van der Waals surface area contributed by atoms with Gasteiger partial charge in [0.1, 0.15) is 0 Å². The number of hydrogen-bond acceptors (Lipinski definition) is 1. The van der Waals surface area contributed by atoms with Crippen molar-refractivity contribution in [1.29, 1.82) is 0 Å². The third-order valence-corrected chi connectivity index (χ3v) is 3.77. The molecule has 0 aromatic heterocycles. The Morgan fingerprint density at radius 1 is 1.17 bits per heavy atom. The van der Waals surface area contributed by atoms with Gasteiger partial charge in [0.15, 0.2) is 0 Å². The third-order valence-electron chi connectivity index (χ3n) is 3.77. The molecule has 1 nitrogen and oxygen atoms in total. The lowest BCUT2D eigenvalue weighted by Crippen LogP contribution is -2.42. The maximum Gasteiger partial charge on any atom is 0.0195 e. The highest BCUT2D eigenvalue weighted by Crippen LogP contribution is 2.25. The Labute approximate surface area is 113 Å². The molecule has 0 aliphatic rings. The summed E-state index contributed by atoms with van der Waals surface area (Å²) in [6, 6.07) is 8.63. The minimum absolute atomic E-state index is 0.0227. The molecule has 0 spiro atoms. The molecule has 0 heterocycles. The van der Waals surface area contributed by atoms with E-state index in [4.69, 9.17) is 5.73 Å². The molecule has 0 bridgehead atoms. The van der Waals surface area contributed by atoms with Gasteiger partial charge in [-0.25, -0.2) is 0 Å². The van der Waals surface area contributed by atoms with Gasteiger partial charge in [-0.15, -0.1) is 0 Å². The highest BCUT2D eigenvalue weighted by molar-refractivity contribution is 5.27. The molecule has 0 saturated heterocycles. The van der Waals surface area contributed by atoms with Crippen LogP contribution in [0.4, 0.5) is 0 Å². The summed E-state index contributed by atoms with van der Waals surface area (Å²) in [5.74, 6) is 0.738. The van der Waals surface area contributed by atoms with Crippen LogP contribution in [0.15, 0.2) is 24.3 Å². The van der Waals surface area contributed by atoms with Crippen LogP contribution < -0.4 is 5.73 Å². The second-order valence-electron chi connectivity index (χ2n) is 6.15. The van der Waals surface area contributed by atoms with Gasteiger partial charge in [0.2, 0.25) is 0 Å². The number of aryl methyl sites for hydroxylation is 1. The molecule has 0 radical (unpaired) electrons. The van der Waals surface area contributed by atoms with Crippen LogP contribution >= 0.6 is 0 Å². The van der Waals surface area contributed by atoms with E-state index in [1.54, 1.807) is 0 Å². The minimum atomic E-state index is -0.0227. The van der Waals surface area contributed by atoms with Crippen LogP contribution in [0.2, 0.25) is 0 Å². The lowest BCUT2D eigenvalue weighted by Gasteiger charge is -2.31. The van der Waals surface area contributed by atoms with Gasteiger partial charge >= 0.3 is 0 Å². The molecule has 0 fully saturated rings. The van der Waals surface area contributed by atoms with Crippen molar-refractivity contribution in [1.82, 2.24) is 0 Å². The van der Waals surface area contributed by atoms with Crippen molar-refractivity contribution in [2.75, 3.05) is 0 Å². The van der Waals surface area contributed by atoms with Gasteiger partial charge in [-0.05, 0) is 49.7 Å². The summed E-state index contributed by atoms with van der Waals surface area (Å²) < 4.78 is 0. The standard InChI is InChI=1S/C17H29N/c1-5-11-17(18,12-10-14(2)3)13-16-9-7-6-8-15(16)4/h6-9,14H,5,10-13,18H2,1-4H3. The molecule has 1 unspecified atom stereocenters.